The summed E-state index contributed by atoms with van der Waals surface area (Å²) in [6.45, 7) is 6.01. The number of carbonyl (C=O) groups excluding carboxylic acids is 1. The van der Waals surface area contributed by atoms with E-state index < -0.39 is 11.5 Å². The summed E-state index contributed by atoms with van der Waals surface area (Å²) < 4.78 is 6.20. The van der Waals surface area contributed by atoms with Crippen LogP contribution in [-0.2, 0) is 11.3 Å². The fourth-order valence-corrected chi connectivity index (χ4v) is 2.00. The Hall–Kier alpha value is -2.43. The minimum absolute atomic E-state index is 0.0245. The third kappa shape index (κ3) is 3.56. The molecule has 0 radical (unpaired) electrons. The molecule has 2 rings (SSSR count). The minimum Gasteiger partial charge on any atom is -0.462 e. The molecule has 5 heteroatoms. The van der Waals surface area contributed by atoms with Crippen LogP contribution in [-0.4, -0.2) is 22.4 Å². The molecule has 1 aromatic heterocycles. The van der Waals surface area contributed by atoms with E-state index in [-0.39, 0.29) is 12.2 Å². The summed E-state index contributed by atoms with van der Waals surface area (Å²) in [5.74, 6) is -0.606. The van der Waals surface area contributed by atoms with Crippen molar-refractivity contribution in [3.05, 3.63) is 63.1 Å². The summed E-state index contributed by atoms with van der Waals surface area (Å²) in [4.78, 5) is 24.1. The van der Waals surface area contributed by atoms with Crippen molar-refractivity contribution >= 4 is 5.97 Å². The van der Waals surface area contributed by atoms with Gasteiger partial charge in [0.05, 0.1) is 18.8 Å². The lowest BCUT2D eigenvalue weighted by molar-refractivity contribution is 0.0523. The van der Waals surface area contributed by atoms with Gasteiger partial charge in [-0.1, -0.05) is 29.8 Å². The molecule has 0 aliphatic carbocycles. The molecule has 0 saturated heterocycles. The molecule has 110 valence electrons. The number of aryl methyl sites for hydroxylation is 2. The lowest BCUT2D eigenvalue weighted by Gasteiger charge is -2.09. The zero-order valence-corrected chi connectivity index (χ0v) is 12.4. The summed E-state index contributed by atoms with van der Waals surface area (Å²) >= 11 is 0. The van der Waals surface area contributed by atoms with Crippen LogP contribution in [0.3, 0.4) is 0 Å². The molecule has 0 atom stereocenters. The molecule has 0 aliphatic heterocycles. The molecule has 0 saturated carbocycles. The van der Waals surface area contributed by atoms with E-state index in [4.69, 9.17) is 4.74 Å². The Bertz CT molecular complexity index is 702. The average molecular weight is 286 g/mol. The molecule has 5 nitrogen and oxygen atoms in total. The molecule has 21 heavy (non-hydrogen) atoms. The van der Waals surface area contributed by atoms with Crippen molar-refractivity contribution in [2.24, 2.45) is 0 Å². The maximum absolute atomic E-state index is 12.3. The first-order valence-corrected chi connectivity index (χ1v) is 6.82. The van der Waals surface area contributed by atoms with Crippen LogP contribution >= 0.6 is 0 Å². The fraction of sp³-hybridized carbons (Fsp3) is 0.312. The number of benzene rings is 1. The van der Waals surface area contributed by atoms with Crippen LogP contribution in [0.25, 0.3) is 0 Å². The van der Waals surface area contributed by atoms with Crippen LogP contribution in [0, 0.1) is 13.8 Å². The van der Waals surface area contributed by atoms with Gasteiger partial charge in [0.1, 0.15) is 5.56 Å². The number of hydrogen-bond donors (Lipinski definition) is 0. The highest BCUT2D eigenvalue weighted by Gasteiger charge is 2.15. The van der Waals surface area contributed by atoms with Gasteiger partial charge < -0.3 is 4.74 Å². The molecule has 0 fully saturated rings. The maximum atomic E-state index is 12.3. The van der Waals surface area contributed by atoms with Crippen molar-refractivity contribution in [3.63, 3.8) is 0 Å². The van der Waals surface area contributed by atoms with Gasteiger partial charge in [0, 0.05) is 0 Å². The fourth-order valence-electron chi connectivity index (χ4n) is 2.00. The first-order valence-electron chi connectivity index (χ1n) is 6.82. The molecular formula is C16H18N2O3. The average Bonchev–Trinajstić information content (AvgIpc) is 2.45. The summed E-state index contributed by atoms with van der Waals surface area (Å²) in [5, 5.41) is 4.19. The minimum atomic E-state index is -0.606. The van der Waals surface area contributed by atoms with Crippen molar-refractivity contribution < 1.29 is 9.53 Å². The Morgan fingerprint density at radius 3 is 2.52 bits per heavy atom. The van der Waals surface area contributed by atoms with Crippen molar-refractivity contribution in [1.29, 1.82) is 0 Å². The number of hydrogen-bond acceptors (Lipinski definition) is 4. The van der Waals surface area contributed by atoms with Crippen LogP contribution in [0.5, 0.6) is 0 Å². The number of rotatable bonds is 4. The van der Waals surface area contributed by atoms with Crippen LogP contribution in [0.4, 0.5) is 0 Å². The number of aromatic nitrogens is 2. The van der Waals surface area contributed by atoms with Crippen LogP contribution < -0.4 is 5.56 Å². The standard InChI is InChI=1S/C16H18N2O3/c1-4-21-16(20)14-9-12(3)17-18(15(14)19)10-13-7-5-11(2)6-8-13/h5-9H,4,10H2,1-3H3. The van der Waals surface area contributed by atoms with Gasteiger partial charge >= 0.3 is 5.97 Å². The summed E-state index contributed by atoms with van der Waals surface area (Å²) in [7, 11) is 0. The van der Waals surface area contributed by atoms with Gasteiger partial charge in [0.15, 0.2) is 0 Å². The zero-order valence-electron chi connectivity index (χ0n) is 12.4. The first kappa shape index (κ1) is 15.0. The highest BCUT2D eigenvalue weighted by molar-refractivity contribution is 5.88. The van der Waals surface area contributed by atoms with E-state index in [0.717, 1.165) is 11.1 Å². The molecule has 1 heterocycles. The Morgan fingerprint density at radius 1 is 1.24 bits per heavy atom. The monoisotopic (exact) mass is 286 g/mol. The Balaban J connectivity index is 2.38. The van der Waals surface area contributed by atoms with Crippen LogP contribution in [0.1, 0.15) is 34.1 Å². The first-order chi connectivity index (χ1) is 10.0. The highest BCUT2D eigenvalue weighted by atomic mass is 16.5. The smallest absolute Gasteiger partial charge is 0.343 e. The Labute approximate surface area is 123 Å². The second-order valence-electron chi connectivity index (χ2n) is 4.87. The van der Waals surface area contributed by atoms with Crippen molar-refractivity contribution in [1.82, 2.24) is 9.78 Å². The molecule has 0 amide bonds. The van der Waals surface area contributed by atoms with Crippen LogP contribution in [0.2, 0.25) is 0 Å². The van der Waals surface area contributed by atoms with Gasteiger partial charge in [-0.05, 0) is 32.4 Å². The van der Waals surface area contributed by atoms with Crippen molar-refractivity contribution in [2.75, 3.05) is 6.61 Å². The number of nitrogens with zero attached hydrogens (tertiary/aromatic N) is 2. The maximum Gasteiger partial charge on any atom is 0.343 e. The van der Waals surface area contributed by atoms with Gasteiger partial charge in [-0.2, -0.15) is 5.10 Å². The Kier molecular flexibility index (Phi) is 4.52. The van der Waals surface area contributed by atoms with Gasteiger partial charge in [-0.25, -0.2) is 9.48 Å². The normalized spacial score (nSPS) is 10.4. The van der Waals surface area contributed by atoms with E-state index in [1.807, 2.05) is 31.2 Å². The molecular weight excluding hydrogens is 268 g/mol. The lowest BCUT2D eigenvalue weighted by Crippen LogP contribution is -2.30. The third-order valence-electron chi connectivity index (χ3n) is 3.04. The number of esters is 1. The topological polar surface area (TPSA) is 61.2 Å². The van der Waals surface area contributed by atoms with Gasteiger partial charge in [0.25, 0.3) is 5.56 Å². The molecule has 0 N–H and O–H groups in total. The zero-order chi connectivity index (χ0) is 15.4. The molecule has 0 bridgehead atoms. The van der Waals surface area contributed by atoms with E-state index >= 15 is 0 Å². The van der Waals surface area contributed by atoms with E-state index in [0.29, 0.717) is 12.2 Å². The van der Waals surface area contributed by atoms with E-state index in [9.17, 15) is 9.59 Å². The predicted octanol–water partition coefficient (Wildman–Crippen LogP) is 2.09. The third-order valence-corrected chi connectivity index (χ3v) is 3.04. The SMILES string of the molecule is CCOC(=O)c1cc(C)nn(Cc2ccc(C)cc2)c1=O. The van der Waals surface area contributed by atoms with E-state index in [2.05, 4.69) is 5.10 Å². The van der Waals surface area contributed by atoms with Gasteiger partial charge in [0.2, 0.25) is 0 Å². The summed E-state index contributed by atoms with van der Waals surface area (Å²) in [6, 6.07) is 9.29. The summed E-state index contributed by atoms with van der Waals surface area (Å²) in [5.41, 5.74) is 2.30. The van der Waals surface area contributed by atoms with Crippen molar-refractivity contribution in [3.8, 4) is 0 Å². The molecule has 2 aromatic rings. The lowest BCUT2D eigenvalue weighted by atomic mass is 10.1. The molecule has 0 aliphatic rings. The number of ether oxygens (including phenoxy) is 1. The second-order valence-corrected chi connectivity index (χ2v) is 4.87. The molecule has 0 spiro atoms. The van der Waals surface area contributed by atoms with Gasteiger partial charge in [-0.15, -0.1) is 0 Å². The molecule has 1 aromatic carbocycles. The van der Waals surface area contributed by atoms with Crippen molar-refractivity contribution in [2.45, 2.75) is 27.3 Å². The largest absolute Gasteiger partial charge is 0.462 e. The second kappa shape index (κ2) is 6.35. The quantitative estimate of drug-likeness (QED) is 0.807. The van der Waals surface area contributed by atoms with Gasteiger partial charge in [-0.3, -0.25) is 4.79 Å². The summed E-state index contributed by atoms with van der Waals surface area (Å²) in [6.07, 6.45) is 0. The Morgan fingerprint density at radius 2 is 1.90 bits per heavy atom. The predicted molar refractivity (Wildman–Crippen MR) is 79.5 cm³/mol. The highest BCUT2D eigenvalue weighted by Crippen LogP contribution is 2.05. The molecule has 0 unspecified atom stereocenters. The number of carbonyl (C=O) groups is 1. The van der Waals surface area contributed by atoms with E-state index in [1.54, 1.807) is 13.8 Å². The van der Waals surface area contributed by atoms with Crippen LogP contribution in [0.15, 0.2) is 35.1 Å². The van der Waals surface area contributed by atoms with E-state index in [1.165, 1.54) is 10.7 Å².